The van der Waals surface area contributed by atoms with Gasteiger partial charge in [-0.1, -0.05) is 12.8 Å². The number of hydrogen-bond donors (Lipinski definition) is 1. The number of imidazole rings is 1. The fourth-order valence-corrected chi connectivity index (χ4v) is 3.22. The highest BCUT2D eigenvalue weighted by molar-refractivity contribution is 7.15. The van der Waals surface area contributed by atoms with Crippen molar-refractivity contribution < 1.29 is 0 Å². The molecule has 0 saturated heterocycles. The van der Waals surface area contributed by atoms with Crippen LogP contribution in [0.1, 0.15) is 38.3 Å². The van der Waals surface area contributed by atoms with Gasteiger partial charge in [-0.15, -0.1) is 11.3 Å². The maximum atomic E-state index is 4.58. The van der Waals surface area contributed by atoms with Crippen LogP contribution in [0.3, 0.4) is 0 Å². The number of thiazole rings is 1. The maximum Gasteiger partial charge on any atom is 0.193 e. The van der Waals surface area contributed by atoms with E-state index in [2.05, 4.69) is 39.4 Å². The molecule has 1 aliphatic carbocycles. The van der Waals surface area contributed by atoms with Gasteiger partial charge in [0.25, 0.3) is 0 Å². The van der Waals surface area contributed by atoms with E-state index in [1.807, 2.05) is 0 Å². The highest BCUT2D eigenvalue weighted by Crippen LogP contribution is 2.29. The minimum absolute atomic E-state index is 0.344. The topological polar surface area (TPSA) is 29.3 Å². The number of fused-ring (bicyclic) bond motifs is 1. The van der Waals surface area contributed by atoms with Gasteiger partial charge in [-0.25, -0.2) is 4.98 Å². The SMILES string of the molecule is CC1(NCc2cn3ccsc3n2)CCCC1. The molecule has 1 N–H and O–H groups in total. The van der Waals surface area contributed by atoms with Crippen molar-refractivity contribution in [3.63, 3.8) is 0 Å². The lowest BCUT2D eigenvalue weighted by atomic mass is 10.0. The largest absolute Gasteiger partial charge is 0.306 e. The first kappa shape index (κ1) is 10.3. The van der Waals surface area contributed by atoms with Crippen LogP contribution >= 0.6 is 11.3 Å². The van der Waals surface area contributed by atoms with E-state index >= 15 is 0 Å². The predicted molar refractivity (Wildman–Crippen MR) is 66.8 cm³/mol. The lowest BCUT2D eigenvalue weighted by molar-refractivity contribution is 0.361. The standard InChI is InChI=1S/C12H17N3S/c1-12(4-2-3-5-12)13-8-10-9-15-6-7-16-11(15)14-10/h6-7,9,13H,2-5,8H2,1H3. The fraction of sp³-hybridized carbons (Fsp3) is 0.583. The van der Waals surface area contributed by atoms with Crippen LogP contribution in [0.25, 0.3) is 4.96 Å². The van der Waals surface area contributed by atoms with E-state index in [-0.39, 0.29) is 0 Å². The van der Waals surface area contributed by atoms with E-state index in [1.165, 1.54) is 25.7 Å². The Morgan fingerprint density at radius 3 is 3.06 bits per heavy atom. The van der Waals surface area contributed by atoms with Crippen LogP contribution < -0.4 is 5.32 Å². The second-order valence-electron chi connectivity index (χ2n) is 4.95. The maximum absolute atomic E-state index is 4.58. The predicted octanol–water partition coefficient (Wildman–Crippen LogP) is 2.82. The Hall–Kier alpha value is -0.870. The van der Waals surface area contributed by atoms with Crippen LogP contribution in [0.5, 0.6) is 0 Å². The molecule has 0 aromatic carbocycles. The van der Waals surface area contributed by atoms with E-state index in [1.54, 1.807) is 11.3 Å². The van der Waals surface area contributed by atoms with Gasteiger partial charge in [0.2, 0.25) is 0 Å². The van der Waals surface area contributed by atoms with Crippen molar-refractivity contribution in [3.05, 3.63) is 23.5 Å². The van der Waals surface area contributed by atoms with Crippen LogP contribution in [0.15, 0.2) is 17.8 Å². The molecule has 2 aromatic rings. The number of rotatable bonds is 3. The second-order valence-corrected chi connectivity index (χ2v) is 5.82. The summed E-state index contributed by atoms with van der Waals surface area (Å²) in [5.74, 6) is 0. The first-order valence-electron chi connectivity index (χ1n) is 5.91. The molecule has 2 heterocycles. The normalized spacial score (nSPS) is 19.6. The van der Waals surface area contributed by atoms with E-state index in [9.17, 15) is 0 Å². The lowest BCUT2D eigenvalue weighted by Gasteiger charge is -2.24. The number of nitrogens with zero attached hydrogens (tertiary/aromatic N) is 2. The molecule has 1 saturated carbocycles. The minimum atomic E-state index is 0.344. The molecule has 0 unspecified atom stereocenters. The molecule has 4 heteroatoms. The van der Waals surface area contributed by atoms with Crippen molar-refractivity contribution in [3.8, 4) is 0 Å². The summed E-state index contributed by atoms with van der Waals surface area (Å²) in [6, 6.07) is 0. The van der Waals surface area contributed by atoms with Crippen LogP contribution in [0.4, 0.5) is 0 Å². The smallest absolute Gasteiger partial charge is 0.193 e. The van der Waals surface area contributed by atoms with Crippen LogP contribution in [0.2, 0.25) is 0 Å². The first-order valence-corrected chi connectivity index (χ1v) is 6.79. The van der Waals surface area contributed by atoms with E-state index in [0.29, 0.717) is 5.54 Å². The Kier molecular flexibility index (Phi) is 2.48. The monoisotopic (exact) mass is 235 g/mol. The molecule has 0 spiro atoms. The Bertz CT molecular complexity index is 451. The summed E-state index contributed by atoms with van der Waals surface area (Å²) in [4.78, 5) is 5.67. The van der Waals surface area contributed by atoms with Crippen LogP contribution in [-0.2, 0) is 6.54 Å². The third-order valence-corrected chi connectivity index (χ3v) is 4.32. The molecular formula is C12H17N3S. The molecule has 1 fully saturated rings. The van der Waals surface area contributed by atoms with Gasteiger partial charge in [-0.3, -0.25) is 4.40 Å². The first-order chi connectivity index (χ1) is 7.75. The fourth-order valence-electron chi connectivity index (χ4n) is 2.50. The van der Waals surface area contributed by atoms with Crippen molar-refractivity contribution in [1.82, 2.24) is 14.7 Å². The summed E-state index contributed by atoms with van der Waals surface area (Å²) in [6.07, 6.45) is 9.51. The second kappa shape index (κ2) is 3.86. The number of aromatic nitrogens is 2. The molecule has 16 heavy (non-hydrogen) atoms. The highest BCUT2D eigenvalue weighted by Gasteiger charge is 2.27. The van der Waals surface area contributed by atoms with Gasteiger partial charge in [-0.2, -0.15) is 0 Å². The third kappa shape index (κ3) is 1.87. The van der Waals surface area contributed by atoms with Gasteiger partial charge in [0.1, 0.15) is 0 Å². The lowest BCUT2D eigenvalue weighted by Crippen LogP contribution is -2.38. The van der Waals surface area contributed by atoms with Crippen molar-refractivity contribution >= 4 is 16.3 Å². The molecular weight excluding hydrogens is 218 g/mol. The summed E-state index contributed by atoms with van der Waals surface area (Å²) < 4.78 is 2.10. The number of hydrogen-bond acceptors (Lipinski definition) is 3. The van der Waals surface area contributed by atoms with E-state index in [4.69, 9.17) is 0 Å². The molecule has 0 bridgehead atoms. The van der Waals surface area contributed by atoms with Gasteiger partial charge in [0.05, 0.1) is 5.69 Å². The Labute approximate surface area is 99.5 Å². The molecule has 0 aliphatic heterocycles. The summed E-state index contributed by atoms with van der Waals surface area (Å²) in [6.45, 7) is 3.23. The van der Waals surface area contributed by atoms with Crippen LogP contribution in [-0.4, -0.2) is 14.9 Å². The summed E-state index contributed by atoms with van der Waals surface area (Å²) >= 11 is 1.69. The molecule has 1 aliphatic rings. The molecule has 2 aromatic heterocycles. The van der Waals surface area contributed by atoms with Gasteiger partial charge in [0.15, 0.2) is 4.96 Å². The zero-order chi connectivity index (χ0) is 11.0. The third-order valence-electron chi connectivity index (χ3n) is 3.55. The van der Waals surface area contributed by atoms with E-state index in [0.717, 1.165) is 17.2 Å². The zero-order valence-electron chi connectivity index (χ0n) is 9.57. The Balaban J connectivity index is 1.68. The van der Waals surface area contributed by atoms with Crippen molar-refractivity contribution in [2.75, 3.05) is 0 Å². The quantitative estimate of drug-likeness (QED) is 0.886. The Morgan fingerprint density at radius 1 is 1.50 bits per heavy atom. The highest BCUT2D eigenvalue weighted by atomic mass is 32.1. The molecule has 0 amide bonds. The molecule has 86 valence electrons. The molecule has 3 rings (SSSR count). The van der Waals surface area contributed by atoms with Gasteiger partial charge < -0.3 is 5.32 Å². The summed E-state index contributed by atoms with van der Waals surface area (Å²) in [5, 5.41) is 5.72. The van der Waals surface area contributed by atoms with E-state index < -0.39 is 0 Å². The average Bonchev–Trinajstić information content (AvgIpc) is 2.89. The number of nitrogens with one attached hydrogen (secondary N) is 1. The average molecular weight is 235 g/mol. The molecule has 0 radical (unpaired) electrons. The Morgan fingerprint density at radius 2 is 2.31 bits per heavy atom. The van der Waals surface area contributed by atoms with Crippen LogP contribution in [0, 0.1) is 0 Å². The summed E-state index contributed by atoms with van der Waals surface area (Å²) in [7, 11) is 0. The molecule has 0 atom stereocenters. The minimum Gasteiger partial charge on any atom is -0.306 e. The summed E-state index contributed by atoms with van der Waals surface area (Å²) in [5.41, 5.74) is 1.50. The van der Waals surface area contributed by atoms with Crippen molar-refractivity contribution in [2.24, 2.45) is 0 Å². The van der Waals surface area contributed by atoms with Gasteiger partial charge in [0, 0.05) is 29.9 Å². The molecule has 3 nitrogen and oxygen atoms in total. The zero-order valence-corrected chi connectivity index (χ0v) is 10.4. The van der Waals surface area contributed by atoms with Crippen molar-refractivity contribution in [2.45, 2.75) is 44.7 Å². The van der Waals surface area contributed by atoms with Crippen molar-refractivity contribution in [1.29, 1.82) is 0 Å². The van der Waals surface area contributed by atoms with Gasteiger partial charge >= 0.3 is 0 Å². The van der Waals surface area contributed by atoms with Gasteiger partial charge in [-0.05, 0) is 19.8 Å².